The van der Waals surface area contributed by atoms with Gasteiger partial charge in [0.2, 0.25) is 5.91 Å². The van der Waals surface area contributed by atoms with Crippen LogP contribution in [0.1, 0.15) is 17.3 Å². The Labute approximate surface area is 182 Å². The zero-order valence-electron chi connectivity index (χ0n) is 16.0. The van der Waals surface area contributed by atoms with Crippen molar-refractivity contribution in [3.63, 3.8) is 0 Å². The van der Waals surface area contributed by atoms with Crippen LogP contribution in [-0.2, 0) is 9.59 Å². The first-order chi connectivity index (χ1) is 14.3. The van der Waals surface area contributed by atoms with Crippen LogP contribution in [0.4, 0.5) is 11.4 Å². The SMILES string of the molecule is CC(=O)Nc1ccc(Cl)cc1C(=O)C(=O)NCCNc1ccnc2cc(Cl)ccc12. The fourth-order valence-corrected chi connectivity index (χ4v) is 3.19. The lowest BCUT2D eigenvalue weighted by atomic mass is 10.1. The Hall–Kier alpha value is -3.16. The third kappa shape index (κ3) is 5.25. The van der Waals surface area contributed by atoms with E-state index in [-0.39, 0.29) is 28.7 Å². The molecule has 0 spiro atoms. The molecule has 0 radical (unpaired) electrons. The minimum absolute atomic E-state index is 0.0279. The minimum atomic E-state index is -0.794. The molecule has 0 aliphatic carbocycles. The highest BCUT2D eigenvalue weighted by molar-refractivity contribution is 6.44. The fraction of sp³-hybridized carbons (Fsp3) is 0.143. The molecule has 154 valence electrons. The van der Waals surface area contributed by atoms with Gasteiger partial charge >= 0.3 is 0 Å². The van der Waals surface area contributed by atoms with Gasteiger partial charge in [-0.1, -0.05) is 23.2 Å². The number of anilines is 2. The molecule has 0 atom stereocenters. The van der Waals surface area contributed by atoms with Gasteiger partial charge in [0.25, 0.3) is 11.7 Å². The number of fused-ring (bicyclic) bond motifs is 1. The lowest BCUT2D eigenvalue weighted by molar-refractivity contribution is -0.117. The summed E-state index contributed by atoms with van der Waals surface area (Å²) < 4.78 is 0. The molecule has 0 fully saturated rings. The molecule has 0 bridgehead atoms. The number of halogens is 2. The number of nitrogens with zero attached hydrogens (tertiary/aromatic N) is 1. The second kappa shape index (κ2) is 9.56. The van der Waals surface area contributed by atoms with Gasteiger partial charge in [-0.25, -0.2) is 0 Å². The summed E-state index contributed by atoms with van der Waals surface area (Å²) in [5.41, 5.74) is 1.84. The zero-order chi connectivity index (χ0) is 21.7. The largest absolute Gasteiger partial charge is 0.383 e. The molecule has 1 heterocycles. The molecule has 3 aromatic rings. The number of rotatable bonds is 7. The van der Waals surface area contributed by atoms with E-state index in [2.05, 4.69) is 20.9 Å². The first-order valence-corrected chi connectivity index (χ1v) is 9.78. The quantitative estimate of drug-likeness (QED) is 0.291. The monoisotopic (exact) mass is 444 g/mol. The smallest absolute Gasteiger partial charge is 0.292 e. The summed E-state index contributed by atoms with van der Waals surface area (Å²) in [4.78, 5) is 40.4. The van der Waals surface area contributed by atoms with Gasteiger partial charge in [-0.2, -0.15) is 0 Å². The molecule has 0 aliphatic heterocycles. The first kappa shape index (κ1) is 21.5. The average molecular weight is 445 g/mol. The second-order valence-electron chi connectivity index (χ2n) is 6.40. The minimum Gasteiger partial charge on any atom is -0.383 e. The van der Waals surface area contributed by atoms with Gasteiger partial charge in [0, 0.05) is 47.3 Å². The highest BCUT2D eigenvalue weighted by Crippen LogP contribution is 2.24. The first-order valence-electron chi connectivity index (χ1n) is 9.03. The number of benzene rings is 2. The lowest BCUT2D eigenvalue weighted by Crippen LogP contribution is -2.34. The number of carbonyl (C=O) groups excluding carboxylic acids is 3. The second-order valence-corrected chi connectivity index (χ2v) is 7.28. The van der Waals surface area contributed by atoms with Crippen LogP contribution < -0.4 is 16.0 Å². The van der Waals surface area contributed by atoms with Crippen LogP contribution in [0.25, 0.3) is 10.9 Å². The van der Waals surface area contributed by atoms with Crippen LogP contribution in [0.5, 0.6) is 0 Å². The van der Waals surface area contributed by atoms with Crippen LogP contribution in [-0.4, -0.2) is 35.7 Å². The molecular formula is C21H18Cl2N4O3. The molecule has 0 unspecified atom stereocenters. The fourth-order valence-electron chi connectivity index (χ4n) is 2.85. The molecule has 30 heavy (non-hydrogen) atoms. The van der Waals surface area contributed by atoms with E-state index in [4.69, 9.17) is 23.2 Å². The number of nitrogens with one attached hydrogen (secondary N) is 3. The summed E-state index contributed by atoms with van der Waals surface area (Å²) in [6, 6.07) is 11.6. The maximum atomic E-state index is 12.5. The zero-order valence-corrected chi connectivity index (χ0v) is 17.5. The van der Waals surface area contributed by atoms with Crippen molar-refractivity contribution in [1.82, 2.24) is 10.3 Å². The average Bonchev–Trinajstić information content (AvgIpc) is 2.71. The predicted molar refractivity (Wildman–Crippen MR) is 118 cm³/mol. The summed E-state index contributed by atoms with van der Waals surface area (Å²) in [6.07, 6.45) is 1.66. The third-order valence-electron chi connectivity index (χ3n) is 4.17. The Morgan fingerprint density at radius 2 is 1.67 bits per heavy atom. The number of Topliss-reactive ketones (excluding diaryl/α,β-unsaturated/α-hetero) is 1. The highest BCUT2D eigenvalue weighted by Gasteiger charge is 2.20. The van der Waals surface area contributed by atoms with E-state index in [9.17, 15) is 14.4 Å². The van der Waals surface area contributed by atoms with E-state index in [0.29, 0.717) is 11.6 Å². The van der Waals surface area contributed by atoms with Gasteiger partial charge in [-0.15, -0.1) is 0 Å². The summed E-state index contributed by atoms with van der Waals surface area (Å²) in [5.74, 6) is -1.94. The summed E-state index contributed by atoms with van der Waals surface area (Å²) >= 11 is 11.9. The van der Waals surface area contributed by atoms with E-state index < -0.39 is 11.7 Å². The lowest BCUT2D eigenvalue weighted by Gasteiger charge is -2.12. The number of pyridine rings is 1. The van der Waals surface area contributed by atoms with Crippen molar-refractivity contribution in [2.75, 3.05) is 23.7 Å². The van der Waals surface area contributed by atoms with Crippen LogP contribution in [0.15, 0.2) is 48.7 Å². The summed E-state index contributed by atoms with van der Waals surface area (Å²) in [7, 11) is 0. The summed E-state index contributed by atoms with van der Waals surface area (Å²) in [6.45, 7) is 1.90. The van der Waals surface area contributed by atoms with Gasteiger partial charge in [0.15, 0.2) is 0 Å². The van der Waals surface area contributed by atoms with Crippen molar-refractivity contribution < 1.29 is 14.4 Å². The molecule has 3 rings (SSSR count). The van der Waals surface area contributed by atoms with E-state index in [1.807, 2.05) is 12.1 Å². The molecule has 0 aliphatic rings. The van der Waals surface area contributed by atoms with Crippen molar-refractivity contribution in [3.8, 4) is 0 Å². The van der Waals surface area contributed by atoms with Crippen LogP contribution in [0.2, 0.25) is 10.0 Å². The Morgan fingerprint density at radius 1 is 0.933 bits per heavy atom. The van der Waals surface area contributed by atoms with Gasteiger partial charge < -0.3 is 16.0 Å². The van der Waals surface area contributed by atoms with E-state index in [0.717, 1.165) is 16.6 Å². The Bertz CT molecular complexity index is 1130. The summed E-state index contributed by atoms with van der Waals surface area (Å²) in [5, 5.41) is 10.1. The van der Waals surface area contributed by atoms with Crippen LogP contribution in [0.3, 0.4) is 0 Å². The number of hydrogen-bond donors (Lipinski definition) is 3. The van der Waals surface area contributed by atoms with Crippen LogP contribution >= 0.6 is 23.2 Å². The Kier molecular flexibility index (Phi) is 6.87. The number of hydrogen-bond acceptors (Lipinski definition) is 5. The van der Waals surface area contributed by atoms with Crippen molar-refractivity contribution >= 4 is 63.1 Å². The van der Waals surface area contributed by atoms with E-state index in [1.165, 1.54) is 25.1 Å². The topological polar surface area (TPSA) is 100 Å². The number of ketones is 1. The normalized spacial score (nSPS) is 10.5. The van der Waals surface area contributed by atoms with Crippen LogP contribution in [0, 0.1) is 0 Å². The molecule has 3 N–H and O–H groups in total. The molecule has 0 saturated carbocycles. The van der Waals surface area contributed by atoms with E-state index in [1.54, 1.807) is 18.3 Å². The van der Waals surface area contributed by atoms with Gasteiger partial charge in [0.05, 0.1) is 16.8 Å². The van der Waals surface area contributed by atoms with Crippen molar-refractivity contribution in [2.45, 2.75) is 6.92 Å². The number of amides is 2. The maximum absolute atomic E-state index is 12.5. The van der Waals surface area contributed by atoms with Crippen molar-refractivity contribution in [2.24, 2.45) is 0 Å². The predicted octanol–water partition coefficient (Wildman–Crippen LogP) is 3.91. The van der Waals surface area contributed by atoms with Gasteiger partial charge in [0.1, 0.15) is 0 Å². The Morgan fingerprint density at radius 3 is 2.43 bits per heavy atom. The molecule has 2 amide bonds. The van der Waals surface area contributed by atoms with Gasteiger partial charge in [-0.3, -0.25) is 19.4 Å². The van der Waals surface area contributed by atoms with E-state index >= 15 is 0 Å². The maximum Gasteiger partial charge on any atom is 0.292 e. The Balaban J connectivity index is 1.61. The molecule has 9 heteroatoms. The number of carbonyl (C=O) groups is 3. The molecule has 2 aromatic carbocycles. The highest BCUT2D eigenvalue weighted by atomic mass is 35.5. The molecule has 0 saturated heterocycles. The third-order valence-corrected chi connectivity index (χ3v) is 4.64. The molecule has 7 nitrogen and oxygen atoms in total. The molecule has 1 aromatic heterocycles. The van der Waals surface area contributed by atoms with Gasteiger partial charge in [-0.05, 0) is 42.5 Å². The van der Waals surface area contributed by atoms with Crippen molar-refractivity contribution in [3.05, 3.63) is 64.3 Å². The molecular weight excluding hydrogens is 427 g/mol. The number of aromatic nitrogens is 1. The standard InChI is InChI=1S/C21H18Cl2N4O3/c1-12(28)27-18-5-3-13(22)10-16(18)20(29)21(30)26-9-8-25-17-6-7-24-19-11-14(23)2-4-15(17)19/h2-7,10-11H,8-9H2,1H3,(H,24,25)(H,26,30)(H,27,28). The van der Waals surface area contributed by atoms with Crippen molar-refractivity contribution in [1.29, 1.82) is 0 Å².